The molecule has 0 fully saturated rings. The zero-order chi connectivity index (χ0) is 4.50. The van der Waals surface area contributed by atoms with Gasteiger partial charge in [0.05, 0.1) is 0 Å². The fourth-order valence-corrected chi connectivity index (χ4v) is 0. The van der Waals surface area contributed by atoms with E-state index < -0.39 is 16.7 Å². The average Bonchev–Trinajstić information content (AvgIpc) is 0.722. The first kappa shape index (κ1) is 15.7. The van der Waals surface area contributed by atoms with E-state index in [2.05, 4.69) is 0 Å². The van der Waals surface area contributed by atoms with Crippen molar-refractivity contribution in [3.8, 4) is 0 Å². The Hall–Kier alpha value is 1.25. The van der Waals surface area contributed by atoms with Crippen LogP contribution in [0.5, 0.6) is 0 Å². The van der Waals surface area contributed by atoms with Gasteiger partial charge < -0.3 is 0 Å². The Morgan fingerprint density at radius 2 is 1.00 bits per heavy atom. The molecule has 7 heavy (non-hydrogen) atoms. The minimum atomic E-state index is -6.02. The molecule has 0 aliphatic heterocycles. The Labute approximate surface area is 65.0 Å². The van der Waals surface area contributed by atoms with E-state index in [1.165, 1.54) is 0 Å². The molecule has 0 aromatic carbocycles. The second-order valence-electron chi connectivity index (χ2n) is 0.408. The van der Waals surface area contributed by atoms with Gasteiger partial charge >= 0.3 is 65.2 Å². The van der Waals surface area contributed by atoms with Crippen LogP contribution in [0.25, 0.3) is 0 Å². The molecule has 0 N–H and O–H groups in total. The Morgan fingerprint density at radius 3 is 1.00 bits per heavy atom. The van der Waals surface area contributed by atoms with E-state index in [4.69, 9.17) is 14.3 Å². The number of hydrogen-bond acceptors (Lipinski definition) is 4. The fourth-order valence-electron chi connectivity index (χ4n) is 0. The van der Waals surface area contributed by atoms with Crippen molar-refractivity contribution in [2.45, 2.75) is 0 Å². The van der Waals surface area contributed by atoms with Gasteiger partial charge in [-0.1, -0.05) is 0 Å². The predicted molar refractivity (Wildman–Crippen MR) is 1.37 cm³/mol. The molecule has 0 bridgehead atoms. The van der Waals surface area contributed by atoms with Gasteiger partial charge in [-0.2, -0.15) is 0 Å². The van der Waals surface area contributed by atoms with E-state index in [1.807, 2.05) is 0 Å². The third-order valence-corrected chi connectivity index (χ3v) is 0. The summed E-state index contributed by atoms with van der Waals surface area (Å²) in [5.41, 5.74) is 0. The van der Waals surface area contributed by atoms with Crippen LogP contribution in [0.3, 0.4) is 0 Å². The van der Waals surface area contributed by atoms with E-state index in [-0.39, 0.29) is 34.1 Å². The molecular weight excluding hydrogens is 287 g/mol. The Bertz CT molecular complexity index is 92.9. The van der Waals surface area contributed by atoms with Crippen LogP contribution in [0, 0.1) is 0 Å². The molecule has 0 spiro atoms. The van der Waals surface area contributed by atoms with Crippen molar-refractivity contribution in [2.75, 3.05) is 0 Å². The number of hydrogen-bond donors (Lipinski definition) is 0. The van der Waals surface area contributed by atoms with E-state index in [1.54, 1.807) is 0 Å². The summed E-state index contributed by atoms with van der Waals surface area (Å²) in [5, 5.41) is 0. The Morgan fingerprint density at radius 1 is 1.00 bits per heavy atom. The van der Waals surface area contributed by atoms with E-state index in [9.17, 15) is 0 Å². The monoisotopic (exact) mass is 288 g/mol. The van der Waals surface area contributed by atoms with E-state index >= 15 is 0 Å². The average molecular weight is 287 g/mol. The first-order valence-corrected chi connectivity index (χ1v) is 3.94. The van der Waals surface area contributed by atoms with Gasteiger partial charge in [0.15, 0.2) is 0 Å². The summed E-state index contributed by atoms with van der Waals surface area (Å²) in [6.07, 6.45) is 0. The van der Waals surface area contributed by atoms with Crippen molar-refractivity contribution in [2.24, 2.45) is 0 Å². The Balaban J connectivity index is -0.0000000800. The molecular formula is Cu2MoO4. The molecule has 4 nitrogen and oxygen atoms in total. The van der Waals surface area contributed by atoms with Gasteiger partial charge in [0.2, 0.25) is 0 Å². The van der Waals surface area contributed by atoms with Crippen molar-refractivity contribution < 1.29 is 65.2 Å². The summed E-state index contributed by atoms with van der Waals surface area (Å²) in [5.74, 6) is 0. The van der Waals surface area contributed by atoms with Crippen LogP contribution in [0.1, 0.15) is 0 Å². The van der Waals surface area contributed by atoms with Crippen molar-refractivity contribution in [1.82, 2.24) is 0 Å². The third-order valence-electron chi connectivity index (χ3n) is 0. The van der Waals surface area contributed by atoms with Gasteiger partial charge in [-0.05, 0) is 0 Å². The standard InChI is InChI=1S/2Cu.Mo.4O/q2*+1;;;;2*-1. The first-order valence-electron chi connectivity index (χ1n) is 0.667. The van der Waals surface area contributed by atoms with Gasteiger partial charge in [0.25, 0.3) is 0 Å². The molecule has 52 valence electrons. The quantitative estimate of drug-likeness (QED) is 0.457. The maximum atomic E-state index is 8.63. The summed E-state index contributed by atoms with van der Waals surface area (Å²) in [6.45, 7) is 0. The van der Waals surface area contributed by atoms with Crippen LogP contribution >= 0.6 is 0 Å². The van der Waals surface area contributed by atoms with E-state index in [0.717, 1.165) is 0 Å². The normalized spacial score (nSPS) is 8.29. The molecule has 0 amide bonds. The molecule has 0 saturated carbocycles. The molecule has 0 aromatic rings. The zero-order valence-electron chi connectivity index (χ0n) is 2.64. The van der Waals surface area contributed by atoms with E-state index in [0.29, 0.717) is 0 Å². The van der Waals surface area contributed by atoms with Crippen LogP contribution in [-0.2, 0) is 57.7 Å². The summed E-state index contributed by atoms with van der Waals surface area (Å²) < 4.78 is 34.5. The topological polar surface area (TPSA) is 80.3 Å². The fraction of sp³-hybridized carbons (Fsp3) is 0. The Kier molecular flexibility index (Phi) is 12.1. The van der Waals surface area contributed by atoms with Gasteiger partial charge in [-0.15, -0.1) is 0 Å². The van der Waals surface area contributed by atoms with Crippen LogP contribution < -0.4 is 7.52 Å². The molecule has 0 aliphatic rings. The SMILES string of the molecule is [Cu+].[Cu+].[O]=[Mo](=[O])([O-])[O-]. The van der Waals surface area contributed by atoms with Crippen LogP contribution in [0.2, 0.25) is 0 Å². The van der Waals surface area contributed by atoms with Gasteiger partial charge in [0, 0.05) is 0 Å². The molecule has 0 aliphatic carbocycles. The third kappa shape index (κ3) is 128. The van der Waals surface area contributed by atoms with Crippen molar-refractivity contribution >= 4 is 0 Å². The second-order valence-corrected chi connectivity index (χ2v) is 2.42. The molecule has 0 rings (SSSR count). The maximum absolute atomic E-state index is 8.63. The zero-order valence-corrected chi connectivity index (χ0v) is 6.53. The van der Waals surface area contributed by atoms with Crippen molar-refractivity contribution in [3.05, 3.63) is 0 Å². The molecule has 0 unspecified atom stereocenters. The van der Waals surface area contributed by atoms with Gasteiger partial charge in [0.1, 0.15) is 0 Å². The van der Waals surface area contributed by atoms with Crippen molar-refractivity contribution in [1.29, 1.82) is 0 Å². The minimum absolute atomic E-state index is 0. The molecule has 0 atom stereocenters. The van der Waals surface area contributed by atoms with Crippen LogP contribution in [0.4, 0.5) is 0 Å². The van der Waals surface area contributed by atoms with Gasteiger partial charge in [-0.3, -0.25) is 0 Å². The summed E-state index contributed by atoms with van der Waals surface area (Å²) in [6, 6.07) is 0. The second kappa shape index (κ2) is 5.39. The van der Waals surface area contributed by atoms with Crippen LogP contribution in [-0.4, -0.2) is 0 Å². The van der Waals surface area contributed by atoms with Crippen molar-refractivity contribution in [3.63, 3.8) is 0 Å². The first-order chi connectivity index (χ1) is 2.00. The molecule has 0 heterocycles. The predicted octanol–water partition coefficient (Wildman–Crippen LogP) is -2.62. The van der Waals surface area contributed by atoms with Gasteiger partial charge in [-0.25, -0.2) is 0 Å². The summed E-state index contributed by atoms with van der Waals surface area (Å²) >= 11 is -6.02. The molecule has 7 heteroatoms. The summed E-state index contributed by atoms with van der Waals surface area (Å²) in [7, 11) is 0. The van der Waals surface area contributed by atoms with Crippen LogP contribution in [0.15, 0.2) is 0 Å². The molecule has 0 aromatic heterocycles. The molecule has 0 saturated heterocycles. The number of rotatable bonds is 0. The summed E-state index contributed by atoms with van der Waals surface area (Å²) in [4.78, 5) is 0. The molecule has 0 radical (unpaired) electrons.